The number of thiophene rings is 1. The molecule has 1 saturated heterocycles. The molecule has 0 bridgehead atoms. The fourth-order valence-corrected chi connectivity index (χ4v) is 3.62. The van der Waals surface area contributed by atoms with Gasteiger partial charge in [0.05, 0.1) is 30.7 Å². The Bertz CT molecular complexity index is 652. The van der Waals surface area contributed by atoms with E-state index >= 15 is 0 Å². The van der Waals surface area contributed by atoms with Crippen LogP contribution in [0.1, 0.15) is 28.2 Å². The predicted octanol–water partition coefficient (Wildman–Crippen LogP) is 2.95. The fraction of sp³-hybridized carbons (Fsp3) is 0.421. The van der Waals surface area contributed by atoms with Crippen LogP contribution in [-0.2, 0) is 4.74 Å². The lowest BCUT2D eigenvalue weighted by Crippen LogP contribution is -2.43. The first-order chi connectivity index (χ1) is 12.3. The molecule has 2 heterocycles. The Morgan fingerprint density at radius 1 is 1.28 bits per heavy atom. The number of benzene rings is 1. The largest absolute Gasteiger partial charge is 0.494 e. The zero-order chi connectivity index (χ0) is 17.5. The molecular formula is C19H24N2O3S. The van der Waals surface area contributed by atoms with E-state index in [9.17, 15) is 4.79 Å². The fourth-order valence-electron chi connectivity index (χ4n) is 2.98. The van der Waals surface area contributed by atoms with Crippen LogP contribution in [0.25, 0.3) is 0 Å². The highest BCUT2D eigenvalue weighted by molar-refractivity contribution is 7.12. The summed E-state index contributed by atoms with van der Waals surface area (Å²) in [5.41, 5.74) is 1.18. The van der Waals surface area contributed by atoms with Crippen LogP contribution in [-0.4, -0.2) is 50.3 Å². The van der Waals surface area contributed by atoms with Gasteiger partial charge in [0.15, 0.2) is 0 Å². The Balaban J connectivity index is 1.71. The molecule has 0 aliphatic carbocycles. The Morgan fingerprint density at radius 3 is 2.68 bits per heavy atom. The second-order valence-electron chi connectivity index (χ2n) is 5.85. The Morgan fingerprint density at radius 2 is 2.04 bits per heavy atom. The number of hydrogen-bond donors (Lipinski definition) is 1. The number of ether oxygens (including phenoxy) is 2. The van der Waals surface area contributed by atoms with Crippen molar-refractivity contribution in [2.45, 2.75) is 13.0 Å². The number of carbonyl (C=O) groups is 1. The molecule has 5 nitrogen and oxygen atoms in total. The average Bonchev–Trinajstić information content (AvgIpc) is 3.19. The van der Waals surface area contributed by atoms with E-state index in [1.54, 1.807) is 0 Å². The summed E-state index contributed by atoms with van der Waals surface area (Å²) in [6.07, 6.45) is 0. The number of hydrogen-bond acceptors (Lipinski definition) is 5. The number of carbonyl (C=O) groups excluding carboxylic acids is 1. The molecule has 1 fully saturated rings. The van der Waals surface area contributed by atoms with Gasteiger partial charge in [-0.2, -0.15) is 0 Å². The van der Waals surface area contributed by atoms with Gasteiger partial charge in [0, 0.05) is 19.6 Å². The smallest absolute Gasteiger partial charge is 0.261 e. The number of morpholine rings is 1. The van der Waals surface area contributed by atoms with E-state index in [0.29, 0.717) is 13.2 Å². The summed E-state index contributed by atoms with van der Waals surface area (Å²) in [5.74, 6) is 0.855. The standard InChI is InChI=1S/C19H24N2O3S/c1-2-24-16-7-5-15(6-8-16)17(21-9-11-23-12-10-21)14-20-19(22)18-4-3-13-25-18/h3-8,13,17H,2,9-12,14H2,1H3,(H,20,22). The van der Waals surface area contributed by atoms with E-state index in [-0.39, 0.29) is 11.9 Å². The van der Waals surface area contributed by atoms with Crippen LogP contribution in [0.2, 0.25) is 0 Å². The van der Waals surface area contributed by atoms with Crippen LogP contribution in [0.3, 0.4) is 0 Å². The van der Waals surface area contributed by atoms with Crippen molar-refractivity contribution in [3.05, 3.63) is 52.2 Å². The van der Waals surface area contributed by atoms with Crippen molar-refractivity contribution >= 4 is 17.2 Å². The van der Waals surface area contributed by atoms with E-state index in [4.69, 9.17) is 9.47 Å². The molecule has 1 N–H and O–H groups in total. The van der Waals surface area contributed by atoms with Crippen LogP contribution in [0.5, 0.6) is 5.75 Å². The Labute approximate surface area is 152 Å². The Hall–Kier alpha value is -1.89. The van der Waals surface area contributed by atoms with E-state index in [1.165, 1.54) is 16.9 Å². The molecule has 1 aliphatic rings. The molecule has 6 heteroatoms. The lowest BCUT2D eigenvalue weighted by atomic mass is 10.0. The molecule has 0 spiro atoms. The summed E-state index contributed by atoms with van der Waals surface area (Å²) in [6, 6.07) is 12.0. The number of nitrogens with zero attached hydrogens (tertiary/aromatic N) is 1. The van der Waals surface area contributed by atoms with Gasteiger partial charge in [0.2, 0.25) is 0 Å². The van der Waals surface area contributed by atoms with Gasteiger partial charge in [-0.15, -0.1) is 11.3 Å². The number of rotatable bonds is 7. The highest BCUT2D eigenvalue weighted by Gasteiger charge is 2.23. The van der Waals surface area contributed by atoms with E-state index in [1.807, 2.05) is 36.6 Å². The SMILES string of the molecule is CCOc1ccc(C(CNC(=O)c2cccs2)N2CCOCC2)cc1. The van der Waals surface area contributed by atoms with Crippen molar-refractivity contribution in [1.29, 1.82) is 0 Å². The summed E-state index contributed by atoms with van der Waals surface area (Å²) in [7, 11) is 0. The summed E-state index contributed by atoms with van der Waals surface area (Å²) in [5, 5.41) is 5.00. The van der Waals surface area contributed by atoms with Crippen molar-refractivity contribution in [1.82, 2.24) is 10.2 Å². The van der Waals surface area contributed by atoms with Gasteiger partial charge in [0.25, 0.3) is 5.91 Å². The lowest BCUT2D eigenvalue weighted by molar-refractivity contribution is 0.0162. The average molecular weight is 360 g/mol. The third-order valence-electron chi connectivity index (χ3n) is 4.26. The van der Waals surface area contributed by atoms with Crippen molar-refractivity contribution in [2.75, 3.05) is 39.5 Å². The summed E-state index contributed by atoms with van der Waals surface area (Å²) >= 11 is 1.46. The monoisotopic (exact) mass is 360 g/mol. The van der Waals surface area contributed by atoms with Gasteiger partial charge in [-0.25, -0.2) is 0 Å². The number of amides is 1. The summed E-state index contributed by atoms with van der Waals surface area (Å²) < 4.78 is 11.0. The van der Waals surface area contributed by atoms with E-state index in [2.05, 4.69) is 22.3 Å². The third-order valence-corrected chi connectivity index (χ3v) is 5.13. The molecule has 0 saturated carbocycles. The molecule has 1 aromatic heterocycles. The first kappa shape index (κ1) is 17.9. The van der Waals surface area contributed by atoms with Crippen LogP contribution in [0.15, 0.2) is 41.8 Å². The highest BCUT2D eigenvalue weighted by Crippen LogP contribution is 2.24. The second-order valence-corrected chi connectivity index (χ2v) is 6.80. The zero-order valence-corrected chi connectivity index (χ0v) is 15.3. The van der Waals surface area contributed by atoms with Crippen molar-refractivity contribution < 1.29 is 14.3 Å². The molecule has 1 aliphatic heterocycles. The molecular weight excluding hydrogens is 336 g/mol. The van der Waals surface area contributed by atoms with Gasteiger partial charge in [0.1, 0.15) is 5.75 Å². The van der Waals surface area contributed by atoms with Gasteiger partial charge in [-0.1, -0.05) is 18.2 Å². The second kappa shape index (κ2) is 8.99. The first-order valence-corrected chi connectivity index (χ1v) is 9.52. The molecule has 1 aromatic carbocycles. The van der Waals surface area contributed by atoms with Gasteiger partial charge in [-0.3, -0.25) is 9.69 Å². The maximum atomic E-state index is 12.3. The van der Waals surface area contributed by atoms with Gasteiger partial charge >= 0.3 is 0 Å². The van der Waals surface area contributed by atoms with Crippen LogP contribution >= 0.6 is 11.3 Å². The highest BCUT2D eigenvalue weighted by atomic mass is 32.1. The molecule has 3 rings (SSSR count). The molecule has 1 atom stereocenters. The van der Waals surface area contributed by atoms with Gasteiger partial charge < -0.3 is 14.8 Å². The molecule has 0 radical (unpaired) electrons. The molecule has 1 unspecified atom stereocenters. The van der Waals surface area contributed by atoms with Gasteiger partial charge in [-0.05, 0) is 36.1 Å². The van der Waals surface area contributed by atoms with E-state index < -0.39 is 0 Å². The van der Waals surface area contributed by atoms with Crippen molar-refractivity contribution in [2.24, 2.45) is 0 Å². The number of nitrogens with one attached hydrogen (secondary N) is 1. The maximum absolute atomic E-state index is 12.3. The van der Waals surface area contributed by atoms with Crippen LogP contribution < -0.4 is 10.1 Å². The quantitative estimate of drug-likeness (QED) is 0.825. The minimum Gasteiger partial charge on any atom is -0.494 e. The van der Waals surface area contributed by atoms with E-state index in [0.717, 1.165) is 36.9 Å². The molecule has 25 heavy (non-hydrogen) atoms. The van der Waals surface area contributed by atoms with Crippen molar-refractivity contribution in [3.63, 3.8) is 0 Å². The molecule has 134 valence electrons. The minimum absolute atomic E-state index is 0.0146. The molecule has 1 amide bonds. The van der Waals surface area contributed by atoms with Crippen LogP contribution in [0, 0.1) is 0 Å². The predicted molar refractivity (Wildman–Crippen MR) is 99.4 cm³/mol. The Kier molecular flexibility index (Phi) is 6.44. The topological polar surface area (TPSA) is 50.8 Å². The summed E-state index contributed by atoms with van der Waals surface area (Å²) in [6.45, 7) is 6.40. The maximum Gasteiger partial charge on any atom is 0.261 e. The molecule has 2 aromatic rings. The summed E-state index contributed by atoms with van der Waals surface area (Å²) in [4.78, 5) is 15.4. The normalized spacial score (nSPS) is 16.4. The lowest BCUT2D eigenvalue weighted by Gasteiger charge is -2.35. The first-order valence-electron chi connectivity index (χ1n) is 8.64. The van der Waals surface area contributed by atoms with Crippen molar-refractivity contribution in [3.8, 4) is 5.75 Å². The van der Waals surface area contributed by atoms with Crippen LogP contribution in [0.4, 0.5) is 0 Å². The minimum atomic E-state index is -0.0146. The zero-order valence-electron chi connectivity index (χ0n) is 14.4. The third kappa shape index (κ3) is 4.81.